The van der Waals surface area contributed by atoms with Crippen LogP contribution >= 0.6 is 0 Å². The number of rotatable bonds is 10. The van der Waals surface area contributed by atoms with Crippen molar-refractivity contribution in [1.29, 1.82) is 0 Å². The van der Waals surface area contributed by atoms with Gasteiger partial charge in [0.05, 0.1) is 11.7 Å². The lowest BCUT2D eigenvalue weighted by molar-refractivity contribution is -0.0344. The molecule has 6 rings (SSSR count). The van der Waals surface area contributed by atoms with E-state index in [0.29, 0.717) is 11.4 Å². The van der Waals surface area contributed by atoms with Crippen molar-refractivity contribution >= 4 is 12.1 Å². The summed E-state index contributed by atoms with van der Waals surface area (Å²) in [5.74, 6) is -0.187. The van der Waals surface area contributed by atoms with E-state index in [9.17, 15) is 9.59 Å². The van der Waals surface area contributed by atoms with Crippen LogP contribution in [0.4, 0.5) is 4.79 Å². The molecule has 47 heavy (non-hydrogen) atoms. The third-order valence-electron chi connectivity index (χ3n) is 7.59. The Morgan fingerprint density at radius 1 is 0.660 bits per heavy atom. The molecule has 0 aliphatic heterocycles. The first-order valence-electron chi connectivity index (χ1n) is 15.1. The summed E-state index contributed by atoms with van der Waals surface area (Å²) >= 11 is 0. The molecule has 9 heteroatoms. The number of hydrogen-bond donors (Lipinski definition) is 0. The summed E-state index contributed by atoms with van der Waals surface area (Å²) < 4.78 is 14.7. The SMILES string of the molecule is CC(C)OC(=O)OCOC(=O)c1ccc(-c2ccccc2-c2nnn(C(c3ccccc3)(c3ccccc3)c3ccccc3)n2)cc1. The molecule has 234 valence electrons. The van der Waals surface area contributed by atoms with Crippen LogP contribution in [0.2, 0.25) is 0 Å². The molecule has 0 spiro atoms. The molecule has 0 fully saturated rings. The largest absolute Gasteiger partial charge is 0.511 e. The van der Waals surface area contributed by atoms with Crippen LogP contribution in [0.15, 0.2) is 140 Å². The molecule has 0 bridgehead atoms. The van der Waals surface area contributed by atoms with Gasteiger partial charge in [0, 0.05) is 5.56 Å². The van der Waals surface area contributed by atoms with Crippen molar-refractivity contribution in [2.24, 2.45) is 0 Å². The Hall–Kier alpha value is -6.09. The van der Waals surface area contributed by atoms with E-state index in [-0.39, 0.29) is 6.10 Å². The summed E-state index contributed by atoms with van der Waals surface area (Å²) in [5.41, 5.74) is 4.82. The molecule has 6 aromatic rings. The summed E-state index contributed by atoms with van der Waals surface area (Å²) in [6, 6.07) is 45.2. The summed E-state index contributed by atoms with van der Waals surface area (Å²) in [5, 5.41) is 14.3. The van der Waals surface area contributed by atoms with Gasteiger partial charge in [0.1, 0.15) is 0 Å². The Kier molecular flexibility index (Phi) is 9.15. The van der Waals surface area contributed by atoms with Crippen molar-refractivity contribution in [3.8, 4) is 22.5 Å². The third kappa shape index (κ3) is 6.50. The van der Waals surface area contributed by atoms with E-state index in [4.69, 9.17) is 19.3 Å². The maximum atomic E-state index is 12.5. The van der Waals surface area contributed by atoms with Crippen LogP contribution in [-0.4, -0.2) is 45.2 Å². The molecular formula is C38H32N4O5. The zero-order valence-electron chi connectivity index (χ0n) is 25.9. The molecule has 1 heterocycles. The molecule has 0 radical (unpaired) electrons. The van der Waals surface area contributed by atoms with Crippen LogP contribution in [0.5, 0.6) is 0 Å². The van der Waals surface area contributed by atoms with Crippen LogP contribution in [0.25, 0.3) is 22.5 Å². The third-order valence-corrected chi connectivity index (χ3v) is 7.59. The molecule has 0 aliphatic carbocycles. The topological polar surface area (TPSA) is 105 Å². The number of nitrogens with zero attached hydrogens (tertiary/aromatic N) is 4. The maximum absolute atomic E-state index is 12.5. The van der Waals surface area contributed by atoms with Gasteiger partial charge in [0.15, 0.2) is 5.54 Å². The molecule has 0 saturated heterocycles. The highest BCUT2D eigenvalue weighted by atomic mass is 16.8. The average Bonchev–Trinajstić information content (AvgIpc) is 3.60. The van der Waals surface area contributed by atoms with E-state index in [0.717, 1.165) is 33.4 Å². The van der Waals surface area contributed by atoms with Gasteiger partial charge >= 0.3 is 12.1 Å². The standard InChI is InChI=1S/C38H32N4O5/c1-27(2)47-37(44)46-26-45-36(43)29-24-22-28(23-25-29)33-20-12-13-21-34(33)35-39-41-42(40-35)38(30-14-6-3-7-15-30,31-16-8-4-9-17-31)32-18-10-5-11-19-32/h3-25,27H,26H2,1-2H3. The number of esters is 1. The Balaban J connectivity index is 1.34. The average molecular weight is 625 g/mol. The second-order valence-corrected chi connectivity index (χ2v) is 10.9. The number of carbonyl (C=O) groups excluding carboxylic acids is 2. The minimum absolute atomic E-state index is 0.300. The van der Waals surface area contributed by atoms with E-state index in [1.807, 2.05) is 91.0 Å². The normalized spacial score (nSPS) is 11.2. The van der Waals surface area contributed by atoms with Gasteiger partial charge in [-0.25, -0.2) is 9.59 Å². The number of tetrazole rings is 1. The summed E-state index contributed by atoms with van der Waals surface area (Å²) in [6.45, 7) is 2.84. The molecule has 9 nitrogen and oxygen atoms in total. The highest BCUT2D eigenvalue weighted by molar-refractivity contribution is 5.90. The van der Waals surface area contributed by atoms with Gasteiger partial charge in [-0.05, 0) is 59.0 Å². The molecule has 0 N–H and O–H groups in total. The highest BCUT2D eigenvalue weighted by Crippen LogP contribution is 2.40. The molecule has 0 aliphatic rings. The monoisotopic (exact) mass is 624 g/mol. The fraction of sp³-hybridized carbons (Fsp3) is 0.132. The lowest BCUT2D eigenvalue weighted by Gasteiger charge is -2.34. The van der Waals surface area contributed by atoms with Gasteiger partial charge in [-0.15, -0.1) is 15.0 Å². The van der Waals surface area contributed by atoms with E-state index >= 15 is 0 Å². The lowest BCUT2D eigenvalue weighted by Crippen LogP contribution is -2.39. The molecule has 0 amide bonds. The van der Waals surface area contributed by atoms with Crippen molar-refractivity contribution in [2.75, 3.05) is 6.79 Å². The number of aromatic nitrogens is 4. The molecule has 0 unspecified atom stereocenters. The predicted molar refractivity (Wildman–Crippen MR) is 176 cm³/mol. The Bertz CT molecular complexity index is 1850. The van der Waals surface area contributed by atoms with E-state index in [1.165, 1.54) is 0 Å². The number of ether oxygens (including phenoxy) is 3. The molecular weight excluding hydrogens is 592 g/mol. The Labute approximate surface area is 272 Å². The fourth-order valence-electron chi connectivity index (χ4n) is 5.51. The second-order valence-electron chi connectivity index (χ2n) is 10.9. The van der Waals surface area contributed by atoms with Gasteiger partial charge in [0.2, 0.25) is 12.6 Å². The zero-order chi connectivity index (χ0) is 32.6. The van der Waals surface area contributed by atoms with Crippen LogP contribution in [0.3, 0.4) is 0 Å². The summed E-state index contributed by atoms with van der Waals surface area (Å²) in [7, 11) is 0. The van der Waals surface area contributed by atoms with Gasteiger partial charge in [0.25, 0.3) is 0 Å². The van der Waals surface area contributed by atoms with Crippen molar-refractivity contribution in [3.63, 3.8) is 0 Å². The molecule has 0 atom stereocenters. The quantitative estimate of drug-likeness (QED) is 0.0875. The summed E-state index contributed by atoms with van der Waals surface area (Å²) in [4.78, 5) is 25.8. The van der Waals surface area contributed by atoms with Gasteiger partial charge in [-0.3, -0.25) is 0 Å². The van der Waals surface area contributed by atoms with Crippen molar-refractivity contribution in [2.45, 2.75) is 25.5 Å². The Morgan fingerprint density at radius 3 is 1.70 bits per heavy atom. The minimum Gasteiger partial charge on any atom is -0.431 e. The first kappa shape index (κ1) is 30.9. The van der Waals surface area contributed by atoms with Gasteiger partial charge < -0.3 is 14.2 Å². The summed E-state index contributed by atoms with van der Waals surface area (Å²) in [6.07, 6.45) is -1.24. The fourth-order valence-corrected chi connectivity index (χ4v) is 5.51. The number of carbonyl (C=O) groups is 2. The predicted octanol–water partition coefficient (Wildman–Crippen LogP) is 7.52. The van der Waals surface area contributed by atoms with Crippen molar-refractivity contribution in [1.82, 2.24) is 20.2 Å². The molecule has 0 saturated carbocycles. The van der Waals surface area contributed by atoms with E-state index in [1.54, 1.807) is 30.8 Å². The van der Waals surface area contributed by atoms with E-state index in [2.05, 4.69) is 46.7 Å². The van der Waals surface area contributed by atoms with Crippen molar-refractivity contribution in [3.05, 3.63) is 162 Å². The number of benzene rings is 5. The van der Waals surface area contributed by atoms with Gasteiger partial charge in [-0.2, -0.15) is 0 Å². The van der Waals surface area contributed by atoms with Crippen molar-refractivity contribution < 1.29 is 23.8 Å². The second kappa shape index (κ2) is 13.9. The highest BCUT2D eigenvalue weighted by Gasteiger charge is 2.41. The first-order chi connectivity index (χ1) is 23.0. The van der Waals surface area contributed by atoms with Crippen LogP contribution in [0, 0.1) is 0 Å². The number of hydrogen-bond acceptors (Lipinski definition) is 8. The van der Waals surface area contributed by atoms with E-state index < -0.39 is 24.5 Å². The van der Waals surface area contributed by atoms with Crippen LogP contribution < -0.4 is 0 Å². The van der Waals surface area contributed by atoms with Crippen LogP contribution in [-0.2, 0) is 19.7 Å². The maximum Gasteiger partial charge on any atom is 0.511 e. The van der Waals surface area contributed by atoms with Gasteiger partial charge in [-0.1, -0.05) is 127 Å². The lowest BCUT2D eigenvalue weighted by atomic mass is 9.77. The molecule has 1 aromatic heterocycles. The minimum atomic E-state index is -0.904. The van der Waals surface area contributed by atoms with Crippen LogP contribution in [0.1, 0.15) is 40.9 Å². The smallest absolute Gasteiger partial charge is 0.431 e. The zero-order valence-corrected chi connectivity index (χ0v) is 25.9. The molecule has 5 aromatic carbocycles. The first-order valence-corrected chi connectivity index (χ1v) is 15.1. The Morgan fingerprint density at radius 2 is 1.17 bits per heavy atom.